The molecule has 7 heteroatoms. The first-order valence-electron chi connectivity index (χ1n) is 8.74. The van der Waals surface area contributed by atoms with E-state index in [0.29, 0.717) is 40.6 Å². The van der Waals surface area contributed by atoms with Crippen molar-refractivity contribution < 1.29 is 19.1 Å². The van der Waals surface area contributed by atoms with Crippen molar-refractivity contribution in [3.63, 3.8) is 0 Å². The molecule has 146 valence electrons. The molecule has 1 amide bonds. The molecule has 1 heterocycles. The third-order valence-electron chi connectivity index (χ3n) is 4.22. The zero-order valence-corrected chi connectivity index (χ0v) is 16.8. The maximum absolute atomic E-state index is 12.6. The lowest BCUT2D eigenvalue weighted by atomic mass is 10.1. The van der Waals surface area contributed by atoms with E-state index in [9.17, 15) is 9.59 Å². The molecule has 6 nitrogen and oxygen atoms in total. The summed E-state index contributed by atoms with van der Waals surface area (Å²) in [5.41, 5.74) is 3.02. The van der Waals surface area contributed by atoms with Gasteiger partial charge >= 0.3 is 5.97 Å². The molecule has 0 aliphatic rings. The average molecular weight is 393 g/mol. The smallest absolute Gasteiger partial charge is 0.340 e. The molecule has 0 aliphatic heterocycles. The minimum atomic E-state index is -0.466. The molecular weight excluding hydrogens is 368 g/mol. The van der Waals surface area contributed by atoms with Crippen LogP contribution in [0.15, 0.2) is 24.3 Å². The molecular formula is C20H25ClN2O4. The topological polar surface area (TPSA) is 80.4 Å². The molecule has 1 aromatic carbocycles. The van der Waals surface area contributed by atoms with Gasteiger partial charge in [0.05, 0.1) is 12.2 Å². The molecule has 0 bridgehead atoms. The first-order valence-corrected chi connectivity index (χ1v) is 9.11. The second-order valence-corrected chi connectivity index (χ2v) is 6.90. The highest BCUT2D eigenvalue weighted by Gasteiger charge is 2.23. The van der Waals surface area contributed by atoms with Crippen LogP contribution in [0.5, 0.6) is 0 Å². The Morgan fingerprint density at radius 3 is 2.48 bits per heavy atom. The van der Waals surface area contributed by atoms with Gasteiger partial charge in [-0.05, 0) is 50.5 Å². The number of aryl methyl sites for hydroxylation is 1. The van der Waals surface area contributed by atoms with Gasteiger partial charge in [-0.25, -0.2) is 4.79 Å². The van der Waals surface area contributed by atoms with Gasteiger partial charge in [-0.2, -0.15) is 0 Å². The van der Waals surface area contributed by atoms with Gasteiger partial charge in [-0.3, -0.25) is 4.79 Å². The van der Waals surface area contributed by atoms with E-state index in [-0.39, 0.29) is 18.6 Å². The number of hydrogen-bond donors (Lipinski definition) is 2. The SMILES string of the molecule is COCCOC(=O)c1c(C)[nH]c(C(=O)N[C@H](C)Cc2ccc(Cl)cc2)c1C. The van der Waals surface area contributed by atoms with Crippen molar-refractivity contribution in [1.29, 1.82) is 0 Å². The molecule has 2 rings (SSSR count). The molecule has 0 unspecified atom stereocenters. The number of hydrogen-bond acceptors (Lipinski definition) is 4. The second-order valence-electron chi connectivity index (χ2n) is 6.46. The summed E-state index contributed by atoms with van der Waals surface area (Å²) in [5, 5.41) is 3.64. The van der Waals surface area contributed by atoms with Crippen molar-refractivity contribution >= 4 is 23.5 Å². The summed E-state index contributed by atoms with van der Waals surface area (Å²) in [6.07, 6.45) is 0.674. The van der Waals surface area contributed by atoms with E-state index in [1.807, 2.05) is 31.2 Å². The van der Waals surface area contributed by atoms with Crippen molar-refractivity contribution in [2.75, 3.05) is 20.3 Å². The fourth-order valence-electron chi connectivity index (χ4n) is 2.89. The Morgan fingerprint density at radius 1 is 1.19 bits per heavy atom. The number of ether oxygens (including phenoxy) is 2. The Kier molecular flexibility index (Phi) is 7.45. The van der Waals surface area contributed by atoms with E-state index in [0.717, 1.165) is 5.56 Å². The maximum Gasteiger partial charge on any atom is 0.340 e. The minimum absolute atomic E-state index is 0.0845. The number of methoxy groups -OCH3 is 1. The van der Waals surface area contributed by atoms with Crippen LogP contribution in [0.1, 0.15) is 44.6 Å². The molecule has 0 aliphatic carbocycles. The van der Waals surface area contributed by atoms with Crippen LogP contribution in [0.25, 0.3) is 0 Å². The summed E-state index contributed by atoms with van der Waals surface area (Å²) in [7, 11) is 1.54. The van der Waals surface area contributed by atoms with Gasteiger partial charge in [0.15, 0.2) is 0 Å². The van der Waals surface area contributed by atoms with Crippen molar-refractivity contribution in [1.82, 2.24) is 10.3 Å². The molecule has 2 aromatic rings. The number of H-pyrrole nitrogens is 1. The number of amides is 1. The minimum Gasteiger partial charge on any atom is -0.460 e. The molecule has 2 N–H and O–H groups in total. The Labute approximate surface area is 164 Å². The lowest BCUT2D eigenvalue weighted by Crippen LogP contribution is -2.34. The lowest BCUT2D eigenvalue weighted by Gasteiger charge is -2.14. The zero-order chi connectivity index (χ0) is 20.0. The lowest BCUT2D eigenvalue weighted by molar-refractivity contribution is 0.0387. The predicted octanol–water partition coefficient (Wildman–Crippen LogP) is 3.45. The van der Waals surface area contributed by atoms with Gasteiger partial charge in [-0.1, -0.05) is 23.7 Å². The number of esters is 1. The number of benzene rings is 1. The van der Waals surface area contributed by atoms with Crippen LogP contribution in [0, 0.1) is 13.8 Å². The standard InChI is InChI=1S/C20H25ClN2O4/c1-12(11-15-5-7-16(21)8-6-15)22-19(24)18-13(2)17(14(3)23-18)20(25)27-10-9-26-4/h5-8,12,23H,9-11H2,1-4H3,(H,22,24)/t12-/m1/s1. The highest BCUT2D eigenvalue weighted by molar-refractivity contribution is 6.30. The third-order valence-corrected chi connectivity index (χ3v) is 4.47. The van der Waals surface area contributed by atoms with E-state index in [2.05, 4.69) is 10.3 Å². The van der Waals surface area contributed by atoms with Crippen LogP contribution in [0.2, 0.25) is 5.02 Å². The molecule has 0 saturated carbocycles. The van der Waals surface area contributed by atoms with Crippen molar-refractivity contribution in [2.45, 2.75) is 33.2 Å². The molecule has 1 atom stereocenters. The van der Waals surface area contributed by atoms with Gasteiger partial charge in [0.1, 0.15) is 12.3 Å². The van der Waals surface area contributed by atoms with Crippen molar-refractivity contribution in [3.8, 4) is 0 Å². The van der Waals surface area contributed by atoms with Crippen molar-refractivity contribution in [2.24, 2.45) is 0 Å². The summed E-state index contributed by atoms with van der Waals surface area (Å²) >= 11 is 5.89. The molecule has 0 saturated heterocycles. The van der Waals surface area contributed by atoms with Crippen LogP contribution in [-0.2, 0) is 15.9 Å². The normalized spacial score (nSPS) is 11.9. The van der Waals surface area contributed by atoms with Crippen LogP contribution < -0.4 is 5.32 Å². The zero-order valence-electron chi connectivity index (χ0n) is 16.0. The monoisotopic (exact) mass is 392 g/mol. The van der Waals surface area contributed by atoms with E-state index >= 15 is 0 Å². The summed E-state index contributed by atoms with van der Waals surface area (Å²) < 4.78 is 10.0. The largest absolute Gasteiger partial charge is 0.460 e. The summed E-state index contributed by atoms with van der Waals surface area (Å²) in [4.78, 5) is 27.9. The Morgan fingerprint density at radius 2 is 1.85 bits per heavy atom. The van der Waals surface area contributed by atoms with Gasteiger partial charge in [0.2, 0.25) is 0 Å². The predicted molar refractivity (Wildman–Crippen MR) is 105 cm³/mol. The van der Waals surface area contributed by atoms with E-state index < -0.39 is 5.97 Å². The van der Waals surface area contributed by atoms with Gasteiger partial charge < -0.3 is 19.8 Å². The molecule has 1 aromatic heterocycles. The number of halogens is 1. The first-order chi connectivity index (χ1) is 12.8. The maximum atomic E-state index is 12.6. The van der Waals surface area contributed by atoms with E-state index in [4.69, 9.17) is 21.1 Å². The summed E-state index contributed by atoms with van der Waals surface area (Å²) in [6.45, 7) is 5.89. The average Bonchev–Trinajstić information content (AvgIpc) is 2.91. The van der Waals surface area contributed by atoms with E-state index in [1.165, 1.54) is 7.11 Å². The number of nitrogens with one attached hydrogen (secondary N) is 2. The van der Waals surface area contributed by atoms with Crippen molar-refractivity contribution in [3.05, 3.63) is 57.4 Å². The van der Waals surface area contributed by atoms with Gasteiger partial charge in [0.25, 0.3) is 5.91 Å². The highest BCUT2D eigenvalue weighted by atomic mass is 35.5. The number of carbonyl (C=O) groups excluding carboxylic acids is 2. The first kappa shape index (κ1) is 21.0. The van der Waals surface area contributed by atoms with E-state index in [1.54, 1.807) is 13.8 Å². The van der Waals surface area contributed by atoms with Crippen LogP contribution in [0.4, 0.5) is 0 Å². The molecule has 0 radical (unpaired) electrons. The molecule has 27 heavy (non-hydrogen) atoms. The van der Waals surface area contributed by atoms with Gasteiger partial charge in [-0.15, -0.1) is 0 Å². The number of carbonyl (C=O) groups is 2. The van der Waals surface area contributed by atoms with Crippen LogP contribution in [-0.4, -0.2) is 43.2 Å². The van der Waals surface area contributed by atoms with Crippen LogP contribution >= 0.6 is 11.6 Å². The molecule has 0 fully saturated rings. The Hall–Kier alpha value is -2.31. The Bertz CT molecular complexity index is 799. The number of aromatic nitrogens is 1. The molecule has 0 spiro atoms. The van der Waals surface area contributed by atoms with Gasteiger partial charge in [0, 0.05) is 23.9 Å². The number of aromatic amines is 1. The summed E-state index contributed by atoms with van der Waals surface area (Å²) in [5.74, 6) is -0.723. The highest BCUT2D eigenvalue weighted by Crippen LogP contribution is 2.19. The quantitative estimate of drug-likeness (QED) is 0.532. The number of rotatable bonds is 8. The third kappa shape index (κ3) is 5.58. The van der Waals surface area contributed by atoms with Crippen LogP contribution in [0.3, 0.4) is 0 Å². The fraction of sp³-hybridized carbons (Fsp3) is 0.400. The second kappa shape index (κ2) is 9.58. The Balaban J connectivity index is 2.04. The fourth-order valence-corrected chi connectivity index (χ4v) is 3.02. The summed E-state index contributed by atoms with van der Waals surface area (Å²) in [6, 6.07) is 7.43.